The molecule has 2 N–H and O–H groups in total. The Balaban J connectivity index is 1.40. The smallest absolute Gasteiger partial charge is 0.321 e. The van der Waals surface area contributed by atoms with Gasteiger partial charge in [0.05, 0.1) is 0 Å². The first-order valence-electron chi connectivity index (χ1n) is 9.91. The first-order chi connectivity index (χ1) is 14.0. The van der Waals surface area contributed by atoms with Crippen LogP contribution in [0.25, 0.3) is 0 Å². The molecule has 1 atom stereocenters. The Kier molecular flexibility index (Phi) is 5.47. The molecule has 2 aliphatic rings. The van der Waals surface area contributed by atoms with Crippen molar-refractivity contribution in [2.45, 2.75) is 31.6 Å². The van der Waals surface area contributed by atoms with Crippen LogP contribution in [0.1, 0.15) is 37.2 Å². The van der Waals surface area contributed by atoms with E-state index in [1.807, 2.05) is 0 Å². The van der Waals surface area contributed by atoms with Crippen molar-refractivity contribution < 1.29 is 18.4 Å². The van der Waals surface area contributed by atoms with E-state index in [-0.39, 0.29) is 23.8 Å². The number of hydrogen-bond donors (Lipinski definition) is 2. The summed E-state index contributed by atoms with van der Waals surface area (Å²) in [6.07, 6.45) is 3.26. The number of carbonyl (C=O) groups is 2. The Bertz CT molecular complexity index is 930. The summed E-state index contributed by atoms with van der Waals surface area (Å²) in [6, 6.07) is 10.2. The number of nitrogens with zero attached hydrogens (tertiary/aromatic N) is 1. The van der Waals surface area contributed by atoms with Crippen LogP contribution in [-0.4, -0.2) is 29.9 Å². The number of amides is 3. The Morgan fingerprint density at radius 2 is 1.72 bits per heavy atom. The maximum absolute atomic E-state index is 14.1. The number of rotatable bonds is 4. The highest BCUT2D eigenvalue weighted by atomic mass is 19.1. The molecule has 2 aromatic rings. The molecule has 1 saturated carbocycles. The molecule has 0 unspecified atom stereocenters. The summed E-state index contributed by atoms with van der Waals surface area (Å²) >= 11 is 0. The zero-order valence-electron chi connectivity index (χ0n) is 16.0. The quantitative estimate of drug-likeness (QED) is 0.781. The standard InChI is InChI=1S/C22H23F2N3O2/c23-16-8-9-20(24)19(11-16)15-3-2-10-27(13-15)22(29)26-18-5-1-4-17(12-18)25-21(28)14-6-7-14/h1,4-5,8-9,11-12,14-15H,2-3,6-7,10,13H2,(H,25,28)(H,26,29)/t15-/m0/s1. The van der Waals surface area contributed by atoms with E-state index in [1.54, 1.807) is 29.2 Å². The number of piperidine rings is 1. The molecule has 5 nitrogen and oxygen atoms in total. The van der Waals surface area contributed by atoms with Crippen LogP contribution >= 0.6 is 0 Å². The van der Waals surface area contributed by atoms with Crippen molar-refractivity contribution in [1.82, 2.24) is 4.90 Å². The molecule has 0 spiro atoms. The zero-order chi connectivity index (χ0) is 20.4. The summed E-state index contributed by atoms with van der Waals surface area (Å²) in [5.74, 6) is -1.06. The molecule has 152 valence electrons. The van der Waals surface area contributed by atoms with Crippen molar-refractivity contribution in [3.8, 4) is 0 Å². The lowest BCUT2D eigenvalue weighted by atomic mass is 9.90. The minimum atomic E-state index is -0.479. The highest BCUT2D eigenvalue weighted by Gasteiger charge is 2.30. The van der Waals surface area contributed by atoms with Crippen LogP contribution in [0.5, 0.6) is 0 Å². The largest absolute Gasteiger partial charge is 0.326 e. The van der Waals surface area contributed by atoms with Gasteiger partial charge in [-0.1, -0.05) is 6.07 Å². The SMILES string of the molecule is O=C(Nc1cccc(NC(=O)N2CCC[C@H](c3cc(F)ccc3F)C2)c1)C1CC1. The van der Waals surface area contributed by atoms with Crippen molar-refractivity contribution in [2.75, 3.05) is 23.7 Å². The third-order valence-electron chi connectivity index (χ3n) is 5.44. The van der Waals surface area contributed by atoms with Gasteiger partial charge in [0.2, 0.25) is 5.91 Å². The second kappa shape index (κ2) is 8.19. The predicted octanol–water partition coefficient (Wildman–Crippen LogP) is 4.72. The Morgan fingerprint density at radius 3 is 2.48 bits per heavy atom. The van der Waals surface area contributed by atoms with E-state index in [9.17, 15) is 18.4 Å². The summed E-state index contributed by atoms with van der Waals surface area (Å²) in [4.78, 5) is 26.2. The molecule has 1 saturated heterocycles. The fourth-order valence-corrected chi connectivity index (χ4v) is 3.71. The minimum absolute atomic E-state index is 0.00414. The zero-order valence-corrected chi connectivity index (χ0v) is 16.0. The van der Waals surface area contributed by atoms with Gasteiger partial charge < -0.3 is 15.5 Å². The molecule has 2 fully saturated rings. The number of anilines is 2. The van der Waals surface area contributed by atoms with Crippen molar-refractivity contribution in [2.24, 2.45) is 5.92 Å². The molecule has 1 aliphatic carbocycles. The van der Waals surface area contributed by atoms with E-state index < -0.39 is 11.6 Å². The number of hydrogen-bond acceptors (Lipinski definition) is 2. The maximum Gasteiger partial charge on any atom is 0.321 e. The monoisotopic (exact) mass is 399 g/mol. The van der Waals surface area contributed by atoms with Gasteiger partial charge in [-0.05, 0) is 67.6 Å². The van der Waals surface area contributed by atoms with Gasteiger partial charge in [-0.15, -0.1) is 0 Å². The van der Waals surface area contributed by atoms with Crippen LogP contribution in [-0.2, 0) is 4.79 Å². The summed E-state index contributed by atoms with van der Waals surface area (Å²) in [5.41, 5.74) is 1.52. The van der Waals surface area contributed by atoms with Crippen molar-refractivity contribution in [3.05, 3.63) is 59.7 Å². The van der Waals surface area contributed by atoms with Gasteiger partial charge in [0.15, 0.2) is 0 Å². The van der Waals surface area contributed by atoms with Crippen molar-refractivity contribution in [3.63, 3.8) is 0 Å². The Hall–Kier alpha value is -2.96. The van der Waals surface area contributed by atoms with E-state index >= 15 is 0 Å². The maximum atomic E-state index is 14.1. The number of likely N-dealkylation sites (tertiary alicyclic amines) is 1. The fourth-order valence-electron chi connectivity index (χ4n) is 3.71. The van der Waals surface area contributed by atoms with Crippen LogP contribution in [0.3, 0.4) is 0 Å². The lowest BCUT2D eigenvalue weighted by Gasteiger charge is -2.33. The number of urea groups is 1. The van der Waals surface area contributed by atoms with Gasteiger partial charge in [0.1, 0.15) is 11.6 Å². The molecule has 29 heavy (non-hydrogen) atoms. The van der Waals surface area contributed by atoms with Crippen molar-refractivity contribution in [1.29, 1.82) is 0 Å². The van der Waals surface area contributed by atoms with Crippen LogP contribution in [0.4, 0.5) is 25.0 Å². The van der Waals surface area contributed by atoms with Gasteiger partial charge in [0, 0.05) is 36.3 Å². The topological polar surface area (TPSA) is 61.4 Å². The highest BCUT2D eigenvalue weighted by Crippen LogP contribution is 2.31. The van der Waals surface area contributed by atoms with Gasteiger partial charge in [-0.25, -0.2) is 13.6 Å². The normalized spacial score (nSPS) is 19.0. The second-order valence-electron chi connectivity index (χ2n) is 7.73. The molecule has 2 aromatic carbocycles. The molecular weight excluding hydrogens is 376 g/mol. The third-order valence-corrected chi connectivity index (χ3v) is 5.44. The molecule has 0 radical (unpaired) electrons. The fraction of sp³-hybridized carbons (Fsp3) is 0.364. The Labute approximate surface area is 168 Å². The number of halogens is 2. The number of carbonyl (C=O) groups excluding carboxylic acids is 2. The van der Waals surface area contributed by atoms with Gasteiger partial charge in [-0.3, -0.25) is 4.79 Å². The second-order valence-corrected chi connectivity index (χ2v) is 7.73. The minimum Gasteiger partial charge on any atom is -0.326 e. The first-order valence-corrected chi connectivity index (χ1v) is 9.91. The molecule has 4 rings (SSSR count). The molecule has 3 amide bonds. The molecule has 1 aliphatic heterocycles. The number of nitrogens with one attached hydrogen (secondary N) is 2. The summed E-state index contributed by atoms with van der Waals surface area (Å²) in [7, 11) is 0. The lowest BCUT2D eigenvalue weighted by Crippen LogP contribution is -2.41. The van der Waals surface area contributed by atoms with E-state index in [0.717, 1.165) is 25.0 Å². The lowest BCUT2D eigenvalue weighted by molar-refractivity contribution is -0.117. The summed E-state index contributed by atoms with van der Waals surface area (Å²) in [6.45, 7) is 0.877. The third kappa shape index (κ3) is 4.72. The van der Waals surface area contributed by atoms with E-state index in [1.165, 1.54) is 6.07 Å². The molecule has 0 bridgehead atoms. The van der Waals surface area contributed by atoms with E-state index in [4.69, 9.17) is 0 Å². The van der Waals surface area contributed by atoms with Crippen LogP contribution in [0, 0.1) is 17.6 Å². The van der Waals surface area contributed by atoms with Crippen LogP contribution in [0.2, 0.25) is 0 Å². The average Bonchev–Trinajstić information content (AvgIpc) is 3.56. The molecule has 1 heterocycles. The predicted molar refractivity (Wildman–Crippen MR) is 107 cm³/mol. The molecular formula is C22H23F2N3O2. The molecule has 0 aromatic heterocycles. The highest BCUT2D eigenvalue weighted by molar-refractivity contribution is 5.95. The summed E-state index contributed by atoms with van der Waals surface area (Å²) < 4.78 is 27.7. The van der Waals surface area contributed by atoms with E-state index in [2.05, 4.69) is 10.6 Å². The van der Waals surface area contributed by atoms with Crippen molar-refractivity contribution >= 4 is 23.3 Å². The van der Waals surface area contributed by atoms with Gasteiger partial charge >= 0.3 is 6.03 Å². The number of benzene rings is 2. The average molecular weight is 399 g/mol. The summed E-state index contributed by atoms with van der Waals surface area (Å²) in [5, 5.41) is 5.69. The van der Waals surface area contributed by atoms with Crippen LogP contribution < -0.4 is 10.6 Å². The first kappa shape index (κ1) is 19.4. The Morgan fingerprint density at radius 1 is 0.966 bits per heavy atom. The van der Waals surface area contributed by atoms with Gasteiger partial charge in [0.25, 0.3) is 0 Å². The van der Waals surface area contributed by atoms with Crippen LogP contribution in [0.15, 0.2) is 42.5 Å². The molecule has 7 heteroatoms. The van der Waals surface area contributed by atoms with E-state index in [0.29, 0.717) is 42.9 Å². The van der Waals surface area contributed by atoms with Gasteiger partial charge in [-0.2, -0.15) is 0 Å².